The lowest BCUT2D eigenvalue weighted by Gasteiger charge is -2.25. The Morgan fingerprint density at radius 1 is 1.39 bits per heavy atom. The molecule has 0 saturated heterocycles. The van der Waals surface area contributed by atoms with Crippen molar-refractivity contribution in [2.24, 2.45) is 10.7 Å². The van der Waals surface area contributed by atoms with Gasteiger partial charge in [0.05, 0.1) is 6.54 Å². The number of nitrogens with one attached hydrogen (secondary N) is 2. The van der Waals surface area contributed by atoms with E-state index in [1.807, 2.05) is 16.8 Å². The summed E-state index contributed by atoms with van der Waals surface area (Å²) in [6.07, 6.45) is 1.82. The van der Waals surface area contributed by atoms with Gasteiger partial charge in [-0.05, 0) is 24.1 Å². The molecule has 10 heteroatoms. The average molecular weight is 499 g/mol. The summed E-state index contributed by atoms with van der Waals surface area (Å²) in [6.45, 7) is 1.76. The summed E-state index contributed by atoms with van der Waals surface area (Å²) in [6, 6.07) is 7.42. The number of halogens is 1. The Morgan fingerprint density at radius 3 is 2.79 bits per heavy atom. The number of amides is 1. The number of fused-ring (bicyclic) bond motifs is 1. The fourth-order valence-corrected chi connectivity index (χ4v) is 3.03. The minimum atomic E-state index is -0.426. The van der Waals surface area contributed by atoms with Crippen molar-refractivity contribution < 1.29 is 9.53 Å². The zero-order valence-corrected chi connectivity index (χ0v) is 18.3. The minimum Gasteiger partial charge on any atom is -0.377 e. The Morgan fingerprint density at radius 2 is 2.14 bits per heavy atom. The highest BCUT2D eigenvalue weighted by molar-refractivity contribution is 14.0. The largest absolute Gasteiger partial charge is 0.377 e. The first-order chi connectivity index (χ1) is 13.1. The van der Waals surface area contributed by atoms with E-state index in [4.69, 9.17) is 10.5 Å². The number of hydrogen-bond donors (Lipinski definition) is 3. The van der Waals surface area contributed by atoms with Crippen molar-refractivity contribution in [1.29, 1.82) is 0 Å². The van der Waals surface area contributed by atoms with Crippen molar-refractivity contribution in [3.63, 3.8) is 0 Å². The molecule has 28 heavy (non-hydrogen) atoms. The molecule has 4 N–H and O–H groups in total. The van der Waals surface area contributed by atoms with Crippen molar-refractivity contribution in [2.45, 2.75) is 38.6 Å². The predicted octanol–water partition coefficient (Wildman–Crippen LogP) is 0.821. The Balaban J connectivity index is 0.00000280. The second kappa shape index (κ2) is 10.4. The third kappa shape index (κ3) is 5.64. The zero-order valence-electron chi connectivity index (χ0n) is 16.0. The second-order valence-corrected chi connectivity index (χ2v) is 6.43. The Hall–Kier alpha value is -2.21. The number of hydrogen-bond acceptors (Lipinski definition) is 5. The Kier molecular flexibility index (Phi) is 8.18. The molecular weight excluding hydrogens is 473 g/mol. The van der Waals surface area contributed by atoms with Crippen LogP contribution in [0, 0.1) is 0 Å². The van der Waals surface area contributed by atoms with Gasteiger partial charge in [-0.25, -0.2) is 9.67 Å². The topological polar surface area (TPSA) is 119 Å². The number of aromatic nitrogens is 3. The Bertz CT molecular complexity index is 820. The van der Waals surface area contributed by atoms with Crippen molar-refractivity contribution in [2.75, 3.05) is 14.2 Å². The summed E-state index contributed by atoms with van der Waals surface area (Å²) < 4.78 is 7.04. The summed E-state index contributed by atoms with van der Waals surface area (Å²) in [5.74, 6) is 2.01. The first-order valence-electron chi connectivity index (χ1n) is 8.86. The van der Waals surface area contributed by atoms with E-state index in [9.17, 15) is 4.79 Å². The number of aryl methyl sites for hydroxylation is 1. The lowest BCUT2D eigenvalue weighted by atomic mass is 10.1. The van der Waals surface area contributed by atoms with Crippen LogP contribution in [0.4, 0.5) is 0 Å². The molecule has 1 amide bonds. The highest BCUT2D eigenvalue weighted by Gasteiger charge is 2.22. The quantitative estimate of drug-likeness (QED) is 0.308. The van der Waals surface area contributed by atoms with Crippen LogP contribution in [0.5, 0.6) is 0 Å². The molecule has 9 nitrogen and oxygen atoms in total. The van der Waals surface area contributed by atoms with Gasteiger partial charge in [0.25, 0.3) is 0 Å². The Labute approximate surface area is 181 Å². The number of ether oxygens (including phenoxy) is 1. The summed E-state index contributed by atoms with van der Waals surface area (Å²) >= 11 is 0. The van der Waals surface area contributed by atoms with Crippen LogP contribution in [0.2, 0.25) is 0 Å². The molecule has 3 rings (SSSR count). The number of benzene rings is 1. The van der Waals surface area contributed by atoms with Gasteiger partial charge < -0.3 is 21.1 Å². The van der Waals surface area contributed by atoms with E-state index in [1.165, 1.54) is 0 Å². The molecule has 1 atom stereocenters. The molecule has 2 heterocycles. The maximum absolute atomic E-state index is 11.1. The number of guanidine groups is 1. The van der Waals surface area contributed by atoms with Crippen LogP contribution in [0.15, 0.2) is 29.3 Å². The molecule has 0 saturated carbocycles. The molecule has 0 radical (unpaired) electrons. The lowest BCUT2D eigenvalue weighted by Crippen LogP contribution is -2.46. The maximum atomic E-state index is 11.1. The lowest BCUT2D eigenvalue weighted by molar-refractivity contribution is 0.100. The highest BCUT2D eigenvalue weighted by atomic mass is 127. The first kappa shape index (κ1) is 22.1. The maximum Gasteiger partial charge on any atom is 0.248 e. The highest BCUT2D eigenvalue weighted by Crippen LogP contribution is 2.13. The standard InChI is InChI=1S/C18H25N7O2.HI/c1-20-18(21-9-12-3-5-13(6-4-12)17(19)26)22-14-7-8-16-23-15(11-27-2)24-25(16)10-14;/h3-6,14H,7-11H2,1-2H3,(H2,19,26)(H2,20,21,22);1H. The molecule has 0 bridgehead atoms. The summed E-state index contributed by atoms with van der Waals surface area (Å²) in [5.41, 5.74) is 6.80. The van der Waals surface area contributed by atoms with Crippen LogP contribution < -0.4 is 16.4 Å². The van der Waals surface area contributed by atoms with Gasteiger partial charge in [0.15, 0.2) is 11.8 Å². The van der Waals surface area contributed by atoms with Crippen molar-refractivity contribution in [3.8, 4) is 0 Å². The third-order valence-corrected chi connectivity index (χ3v) is 4.44. The fourth-order valence-electron chi connectivity index (χ4n) is 3.03. The van der Waals surface area contributed by atoms with Gasteiger partial charge >= 0.3 is 0 Å². The molecule has 1 aromatic heterocycles. The van der Waals surface area contributed by atoms with E-state index in [2.05, 4.69) is 25.7 Å². The van der Waals surface area contributed by atoms with Crippen LogP contribution in [-0.4, -0.2) is 46.8 Å². The van der Waals surface area contributed by atoms with E-state index >= 15 is 0 Å². The number of rotatable bonds is 6. The molecule has 1 aliphatic rings. The van der Waals surface area contributed by atoms with Crippen LogP contribution in [0.3, 0.4) is 0 Å². The molecule has 1 unspecified atom stereocenters. The van der Waals surface area contributed by atoms with Gasteiger partial charge in [-0.2, -0.15) is 5.10 Å². The van der Waals surface area contributed by atoms with E-state index < -0.39 is 5.91 Å². The number of nitrogens with zero attached hydrogens (tertiary/aromatic N) is 4. The first-order valence-corrected chi connectivity index (χ1v) is 8.86. The summed E-state index contributed by atoms with van der Waals surface area (Å²) in [4.78, 5) is 19.9. The third-order valence-electron chi connectivity index (χ3n) is 4.44. The molecule has 0 aliphatic carbocycles. The fraction of sp³-hybridized carbons (Fsp3) is 0.444. The molecular formula is C18H26IN7O2. The number of primary amides is 1. The van der Waals surface area contributed by atoms with Crippen LogP contribution in [0.1, 0.15) is 34.0 Å². The van der Waals surface area contributed by atoms with E-state index in [0.29, 0.717) is 18.7 Å². The van der Waals surface area contributed by atoms with Crippen molar-refractivity contribution >= 4 is 35.8 Å². The van der Waals surface area contributed by atoms with Gasteiger partial charge in [-0.15, -0.1) is 24.0 Å². The molecule has 1 aliphatic heterocycles. The number of carbonyl (C=O) groups is 1. The van der Waals surface area contributed by atoms with Gasteiger partial charge in [-0.3, -0.25) is 9.79 Å². The van der Waals surface area contributed by atoms with Crippen molar-refractivity contribution in [3.05, 3.63) is 47.0 Å². The van der Waals surface area contributed by atoms with E-state index in [1.54, 1.807) is 26.3 Å². The van der Waals surface area contributed by atoms with Crippen LogP contribution in [-0.2, 0) is 30.9 Å². The molecule has 0 spiro atoms. The predicted molar refractivity (Wildman–Crippen MR) is 117 cm³/mol. The van der Waals surface area contributed by atoms with Gasteiger partial charge in [0, 0.05) is 38.7 Å². The van der Waals surface area contributed by atoms with Crippen molar-refractivity contribution in [1.82, 2.24) is 25.4 Å². The zero-order chi connectivity index (χ0) is 19.2. The summed E-state index contributed by atoms with van der Waals surface area (Å²) in [7, 11) is 3.38. The average Bonchev–Trinajstić information content (AvgIpc) is 3.07. The molecule has 2 aromatic rings. The van der Waals surface area contributed by atoms with Crippen LogP contribution >= 0.6 is 24.0 Å². The van der Waals surface area contributed by atoms with Crippen LogP contribution in [0.25, 0.3) is 0 Å². The minimum absolute atomic E-state index is 0. The number of methoxy groups -OCH3 is 1. The SMILES string of the molecule is CN=C(NCc1ccc(C(N)=O)cc1)NC1CCc2nc(COC)nn2C1.I. The number of nitrogens with two attached hydrogens (primary N) is 1. The van der Waals surface area contributed by atoms with Gasteiger partial charge in [0.1, 0.15) is 12.4 Å². The second-order valence-electron chi connectivity index (χ2n) is 6.43. The summed E-state index contributed by atoms with van der Waals surface area (Å²) in [5, 5.41) is 11.2. The molecule has 1 aromatic carbocycles. The van der Waals surface area contributed by atoms with E-state index in [-0.39, 0.29) is 30.0 Å². The normalized spacial score (nSPS) is 16.1. The molecule has 0 fully saturated rings. The van der Waals surface area contributed by atoms with E-state index in [0.717, 1.165) is 42.6 Å². The van der Waals surface area contributed by atoms with Gasteiger partial charge in [0.2, 0.25) is 5.91 Å². The monoisotopic (exact) mass is 499 g/mol. The molecule has 152 valence electrons. The number of aliphatic imine (C=N–C) groups is 1. The number of carbonyl (C=O) groups excluding carboxylic acids is 1. The smallest absolute Gasteiger partial charge is 0.248 e. The van der Waals surface area contributed by atoms with Gasteiger partial charge in [-0.1, -0.05) is 12.1 Å².